The fourth-order valence-corrected chi connectivity index (χ4v) is 1.19. The Morgan fingerprint density at radius 1 is 1.53 bits per heavy atom. The summed E-state index contributed by atoms with van der Waals surface area (Å²) in [4.78, 5) is 11.4. The zero-order chi connectivity index (χ0) is 12.8. The molecule has 90 valence electrons. The minimum atomic E-state index is -0.773. The van der Waals surface area contributed by atoms with Crippen molar-refractivity contribution in [3.05, 3.63) is 29.8 Å². The van der Waals surface area contributed by atoms with Crippen molar-refractivity contribution in [2.24, 2.45) is 0 Å². The SMILES string of the molecule is CC(Nc1ccc(F)cc1F)C(=O)NCC#N. The summed E-state index contributed by atoms with van der Waals surface area (Å²) >= 11 is 0. The van der Waals surface area contributed by atoms with Gasteiger partial charge in [0.05, 0.1) is 11.8 Å². The Balaban J connectivity index is 2.65. The van der Waals surface area contributed by atoms with Crippen LogP contribution in [0.3, 0.4) is 0 Å². The molecule has 6 heteroatoms. The quantitative estimate of drug-likeness (QED) is 0.781. The fourth-order valence-electron chi connectivity index (χ4n) is 1.19. The maximum atomic E-state index is 13.2. The van der Waals surface area contributed by atoms with Gasteiger partial charge in [-0.15, -0.1) is 0 Å². The van der Waals surface area contributed by atoms with Crippen molar-refractivity contribution in [2.45, 2.75) is 13.0 Å². The summed E-state index contributed by atoms with van der Waals surface area (Å²) in [5, 5.41) is 13.2. The third-order valence-corrected chi connectivity index (χ3v) is 2.04. The van der Waals surface area contributed by atoms with Crippen LogP contribution in [0.25, 0.3) is 0 Å². The van der Waals surface area contributed by atoms with Crippen molar-refractivity contribution < 1.29 is 13.6 Å². The van der Waals surface area contributed by atoms with Gasteiger partial charge in [0, 0.05) is 6.07 Å². The maximum Gasteiger partial charge on any atom is 0.243 e. The molecule has 0 aliphatic heterocycles. The second-order valence-electron chi connectivity index (χ2n) is 3.37. The van der Waals surface area contributed by atoms with E-state index in [2.05, 4.69) is 10.6 Å². The van der Waals surface area contributed by atoms with Gasteiger partial charge in [0.1, 0.15) is 24.2 Å². The first-order valence-corrected chi connectivity index (χ1v) is 4.91. The number of carbonyl (C=O) groups is 1. The Bertz CT molecular complexity index is 457. The number of hydrogen-bond donors (Lipinski definition) is 2. The molecule has 0 aromatic heterocycles. The van der Waals surface area contributed by atoms with Crippen LogP contribution in [-0.4, -0.2) is 18.5 Å². The van der Waals surface area contributed by atoms with E-state index < -0.39 is 23.6 Å². The number of rotatable bonds is 4. The molecule has 4 nitrogen and oxygen atoms in total. The summed E-state index contributed by atoms with van der Waals surface area (Å²) in [5.74, 6) is -1.89. The molecular weight excluding hydrogens is 228 g/mol. The zero-order valence-electron chi connectivity index (χ0n) is 9.13. The van der Waals surface area contributed by atoms with E-state index in [1.54, 1.807) is 6.07 Å². The summed E-state index contributed by atoms with van der Waals surface area (Å²) < 4.78 is 25.9. The van der Waals surface area contributed by atoms with Crippen LogP contribution < -0.4 is 10.6 Å². The molecule has 0 saturated heterocycles. The van der Waals surface area contributed by atoms with Crippen molar-refractivity contribution in [3.63, 3.8) is 0 Å². The Hall–Kier alpha value is -2.16. The third kappa shape index (κ3) is 3.72. The molecule has 2 N–H and O–H groups in total. The molecule has 0 heterocycles. The average Bonchev–Trinajstić information content (AvgIpc) is 2.29. The van der Waals surface area contributed by atoms with Gasteiger partial charge >= 0.3 is 0 Å². The van der Waals surface area contributed by atoms with E-state index in [9.17, 15) is 13.6 Å². The fraction of sp³-hybridized carbons (Fsp3) is 0.273. The van der Waals surface area contributed by atoms with Crippen LogP contribution >= 0.6 is 0 Å². The van der Waals surface area contributed by atoms with Gasteiger partial charge in [-0.2, -0.15) is 5.26 Å². The number of anilines is 1. The van der Waals surface area contributed by atoms with Crippen LogP contribution in [0, 0.1) is 23.0 Å². The molecule has 1 aromatic carbocycles. The third-order valence-electron chi connectivity index (χ3n) is 2.04. The minimum Gasteiger partial charge on any atom is -0.372 e. The number of halogens is 2. The first-order valence-electron chi connectivity index (χ1n) is 4.91. The summed E-state index contributed by atoms with van der Waals surface area (Å²) in [6.45, 7) is 1.40. The molecule has 1 atom stereocenters. The molecule has 0 fully saturated rings. The molecular formula is C11H11F2N3O. The maximum absolute atomic E-state index is 13.2. The number of carbonyl (C=O) groups excluding carboxylic acids is 1. The molecule has 0 aliphatic rings. The monoisotopic (exact) mass is 239 g/mol. The van der Waals surface area contributed by atoms with E-state index in [0.717, 1.165) is 12.1 Å². The number of nitriles is 1. The van der Waals surface area contributed by atoms with Crippen LogP contribution in [0.4, 0.5) is 14.5 Å². The standard InChI is InChI=1S/C11H11F2N3O/c1-7(11(17)15-5-4-14)16-10-3-2-8(12)6-9(10)13/h2-3,6-7,16H,5H2,1H3,(H,15,17). The lowest BCUT2D eigenvalue weighted by atomic mass is 10.2. The van der Waals surface area contributed by atoms with Gasteiger partial charge in [-0.1, -0.05) is 0 Å². The van der Waals surface area contributed by atoms with Crippen molar-refractivity contribution in [3.8, 4) is 6.07 Å². The van der Waals surface area contributed by atoms with Crippen LogP contribution in [-0.2, 0) is 4.79 Å². The molecule has 1 unspecified atom stereocenters. The minimum absolute atomic E-state index is 0.0333. The predicted octanol–water partition coefficient (Wildman–Crippen LogP) is 1.40. The Kier molecular flexibility index (Phi) is 4.40. The van der Waals surface area contributed by atoms with Crippen molar-refractivity contribution in [1.82, 2.24) is 5.32 Å². The van der Waals surface area contributed by atoms with Crippen LogP contribution in [0.15, 0.2) is 18.2 Å². The normalized spacial score (nSPS) is 11.4. The number of benzene rings is 1. The van der Waals surface area contributed by atoms with Gasteiger partial charge in [-0.25, -0.2) is 8.78 Å². The highest BCUT2D eigenvalue weighted by Gasteiger charge is 2.13. The Morgan fingerprint density at radius 3 is 2.82 bits per heavy atom. The van der Waals surface area contributed by atoms with E-state index in [4.69, 9.17) is 5.26 Å². The molecule has 17 heavy (non-hydrogen) atoms. The highest BCUT2D eigenvalue weighted by molar-refractivity contribution is 5.84. The van der Waals surface area contributed by atoms with Crippen LogP contribution in [0.1, 0.15) is 6.92 Å². The number of nitrogens with one attached hydrogen (secondary N) is 2. The van der Waals surface area contributed by atoms with E-state index in [1.165, 1.54) is 13.0 Å². The lowest BCUT2D eigenvalue weighted by Gasteiger charge is -2.14. The zero-order valence-corrected chi connectivity index (χ0v) is 9.13. The highest BCUT2D eigenvalue weighted by Crippen LogP contribution is 2.15. The van der Waals surface area contributed by atoms with E-state index in [1.807, 2.05) is 0 Å². The smallest absolute Gasteiger partial charge is 0.243 e. The summed E-state index contributed by atoms with van der Waals surface area (Å²) in [7, 11) is 0. The van der Waals surface area contributed by atoms with E-state index in [0.29, 0.717) is 0 Å². The number of hydrogen-bond acceptors (Lipinski definition) is 3. The van der Waals surface area contributed by atoms with Gasteiger partial charge in [-0.05, 0) is 19.1 Å². The largest absolute Gasteiger partial charge is 0.372 e. The molecule has 0 radical (unpaired) electrons. The van der Waals surface area contributed by atoms with Gasteiger partial charge in [-0.3, -0.25) is 4.79 Å². The predicted molar refractivity (Wildman–Crippen MR) is 58.1 cm³/mol. The molecule has 0 saturated carbocycles. The molecule has 1 aromatic rings. The summed E-state index contributed by atoms with van der Waals surface area (Å²) in [5.41, 5.74) is 0.0333. The number of nitrogens with zero attached hydrogens (tertiary/aromatic N) is 1. The molecule has 0 spiro atoms. The van der Waals surface area contributed by atoms with E-state index in [-0.39, 0.29) is 12.2 Å². The van der Waals surface area contributed by atoms with Gasteiger partial charge in [0.2, 0.25) is 5.91 Å². The lowest BCUT2D eigenvalue weighted by Crippen LogP contribution is -2.37. The van der Waals surface area contributed by atoms with Crippen LogP contribution in [0.2, 0.25) is 0 Å². The van der Waals surface area contributed by atoms with Crippen LogP contribution in [0.5, 0.6) is 0 Å². The highest BCUT2D eigenvalue weighted by atomic mass is 19.1. The average molecular weight is 239 g/mol. The molecule has 0 bridgehead atoms. The van der Waals surface area contributed by atoms with Crippen molar-refractivity contribution in [2.75, 3.05) is 11.9 Å². The summed E-state index contributed by atoms with van der Waals surface area (Å²) in [6.07, 6.45) is 0. The second kappa shape index (κ2) is 5.80. The topological polar surface area (TPSA) is 64.9 Å². The molecule has 1 rings (SSSR count). The van der Waals surface area contributed by atoms with Crippen molar-refractivity contribution in [1.29, 1.82) is 5.26 Å². The second-order valence-corrected chi connectivity index (χ2v) is 3.37. The molecule has 0 aliphatic carbocycles. The lowest BCUT2D eigenvalue weighted by molar-refractivity contribution is -0.121. The van der Waals surface area contributed by atoms with Gasteiger partial charge in [0.25, 0.3) is 0 Å². The first kappa shape index (κ1) is 12.9. The Labute approximate surface area is 97.2 Å². The van der Waals surface area contributed by atoms with E-state index >= 15 is 0 Å². The molecule has 1 amide bonds. The van der Waals surface area contributed by atoms with Gasteiger partial charge in [0.15, 0.2) is 0 Å². The Morgan fingerprint density at radius 2 is 2.24 bits per heavy atom. The number of amides is 1. The first-order chi connectivity index (χ1) is 8.04. The van der Waals surface area contributed by atoms with Gasteiger partial charge < -0.3 is 10.6 Å². The van der Waals surface area contributed by atoms with Crippen molar-refractivity contribution >= 4 is 11.6 Å². The summed E-state index contributed by atoms with van der Waals surface area (Å²) in [6, 6.07) is 4.05.